The lowest BCUT2D eigenvalue weighted by molar-refractivity contribution is 0.0664. The van der Waals surface area contributed by atoms with Gasteiger partial charge in [0.1, 0.15) is 5.58 Å². The van der Waals surface area contributed by atoms with Crippen LogP contribution in [-0.4, -0.2) is 18.2 Å². The molecule has 4 nitrogen and oxygen atoms in total. The van der Waals surface area contributed by atoms with E-state index in [1.807, 2.05) is 12.1 Å². The van der Waals surface area contributed by atoms with Crippen LogP contribution in [0.1, 0.15) is 21.7 Å². The number of furan rings is 1. The van der Waals surface area contributed by atoms with E-state index in [-0.39, 0.29) is 5.76 Å². The molecule has 0 bridgehead atoms. The molecule has 1 N–H and O–H groups in total. The second-order valence-corrected chi connectivity index (χ2v) is 3.58. The quantitative estimate of drug-likeness (QED) is 0.863. The molecule has 2 aromatic rings. The number of methoxy groups -OCH3 is 1. The number of carboxylic acid groups (broad SMARTS) is 1. The number of carbonyl (C=O) groups is 1. The molecule has 4 heteroatoms. The smallest absolute Gasteiger partial charge is 0.372 e. The van der Waals surface area contributed by atoms with Crippen LogP contribution in [-0.2, 0) is 11.3 Å². The maximum atomic E-state index is 10.9. The summed E-state index contributed by atoms with van der Waals surface area (Å²) >= 11 is 0. The molecule has 84 valence electrons. The Morgan fingerprint density at radius 2 is 2.25 bits per heavy atom. The Balaban J connectivity index is 2.71. The molecule has 0 aliphatic rings. The molecule has 0 unspecified atom stereocenters. The fourth-order valence-corrected chi connectivity index (χ4v) is 1.87. The summed E-state index contributed by atoms with van der Waals surface area (Å²) in [6.45, 7) is 2.19. The highest BCUT2D eigenvalue weighted by atomic mass is 16.5. The second kappa shape index (κ2) is 3.98. The van der Waals surface area contributed by atoms with Crippen LogP contribution in [0.3, 0.4) is 0 Å². The van der Waals surface area contributed by atoms with Crippen LogP contribution >= 0.6 is 0 Å². The summed E-state index contributed by atoms with van der Waals surface area (Å²) in [6, 6.07) is 5.49. The van der Waals surface area contributed by atoms with Gasteiger partial charge in [0.2, 0.25) is 5.76 Å². The van der Waals surface area contributed by atoms with Crippen molar-refractivity contribution in [1.29, 1.82) is 0 Å². The SMILES string of the molecule is COCc1cccc2oc(C(=O)O)c(C)c12. The minimum atomic E-state index is -1.04. The van der Waals surface area contributed by atoms with Crippen molar-refractivity contribution in [2.45, 2.75) is 13.5 Å². The van der Waals surface area contributed by atoms with Crippen molar-refractivity contribution in [2.75, 3.05) is 7.11 Å². The predicted molar refractivity (Wildman–Crippen MR) is 58.6 cm³/mol. The Kier molecular flexibility index (Phi) is 2.66. The molecule has 0 fully saturated rings. The number of ether oxygens (including phenoxy) is 1. The number of fused-ring (bicyclic) bond motifs is 1. The van der Waals surface area contributed by atoms with E-state index in [4.69, 9.17) is 14.3 Å². The van der Waals surface area contributed by atoms with Crippen LogP contribution in [0, 0.1) is 6.92 Å². The zero-order chi connectivity index (χ0) is 11.7. The van der Waals surface area contributed by atoms with Crippen molar-refractivity contribution >= 4 is 16.9 Å². The van der Waals surface area contributed by atoms with Gasteiger partial charge in [0, 0.05) is 18.1 Å². The molecule has 0 atom stereocenters. The number of benzene rings is 1. The lowest BCUT2D eigenvalue weighted by Gasteiger charge is -2.01. The van der Waals surface area contributed by atoms with Gasteiger partial charge >= 0.3 is 5.97 Å². The zero-order valence-corrected chi connectivity index (χ0v) is 9.11. The first-order valence-corrected chi connectivity index (χ1v) is 4.88. The molecular weight excluding hydrogens is 208 g/mol. The number of carboxylic acids is 1. The Labute approximate surface area is 92.4 Å². The molecule has 0 radical (unpaired) electrons. The van der Waals surface area contributed by atoms with Crippen molar-refractivity contribution in [3.05, 3.63) is 35.1 Å². The molecule has 0 spiro atoms. The van der Waals surface area contributed by atoms with Gasteiger partial charge in [-0.25, -0.2) is 4.79 Å². The van der Waals surface area contributed by atoms with E-state index >= 15 is 0 Å². The molecule has 1 aromatic heterocycles. The van der Waals surface area contributed by atoms with E-state index in [1.165, 1.54) is 0 Å². The van der Waals surface area contributed by atoms with Gasteiger partial charge in [-0.2, -0.15) is 0 Å². The summed E-state index contributed by atoms with van der Waals surface area (Å²) < 4.78 is 10.4. The third-order valence-corrected chi connectivity index (χ3v) is 2.53. The fraction of sp³-hybridized carbons (Fsp3) is 0.250. The number of aromatic carboxylic acids is 1. The third kappa shape index (κ3) is 1.57. The lowest BCUT2D eigenvalue weighted by Crippen LogP contribution is -1.96. The zero-order valence-electron chi connectivity index (χ0n) is 9.11. The Bertz CT molecular complexity index is 539. The molecule has 0 saturated carbocycles. The van der Waals surface area contributed by atoms with Crippen molar-refractivity contribution in [3.63, 3.8) is 0 Å². The predicted octanol–water partition coefficient (Wildman–Crippen LogP) is 2.59. The van der Waals surface area contributed by atoms with Crippen LogP contribution in [0.2, 0.25) is 0 Å². The Hall–Kier alpha value is -1.81. The fourth-order valence-electron chi connectivity index (χ4n) is 1.87. The van der Waals surface area contributed by atoms with Crippen LogP contribution in [0.25, 0.3) is 11.0 Å². The molecule has 0 aliphatic heterocycles. The first-order chi connectivity index (χ1) is 7.65. The maximum absolute atomic E-state index is 10.9. The Morgan fingerprint density at radius 1 is 1.50 bits per heavy atom. The topological polar surface area (TPSA) is 59.7 Å². The van der Waals surface area contributed by atoms with Crippen LogP contribution in [0.5, 0.6) is 0 Å². The summed E-state index contributed by atoms with van der Waals surface area (Å²) in [6.07, 6.45) is 0. The second-order valence-electron chi connectivity index (χ2n) is 3.58. The first-order valence-electron chi connectivity index (χ1n) is 4.88. The van der Waals surface area contributed by atoms with Gasteiger partial charge in [-0.3, -0.25) is 0 Å². The van der Waals surface area contributed by atoms with E-state index in [9.17, 15) is 4.79 Å². The molecule has 2 rings (SSSR count). The summed E-state index contributed by atoms with van der Waals surface area (Å²) in [5.41, 5.74) is 2.17. The normalized spacial score (nSPS) is 10.9. The van der Waals surface area contributed by atoms with Gasteiger partial charge in [0.05, 0.1) is 6.61 Å². The van der Waals surface area contributed by atoms with E-state index in [1.54, 1.807) is 20.1 Å². The van der Waals surface area contributed by atoms with E-state index < -0.39 is 5.97 Å². The minimum Gasteiger partial charge on any atom is -0.475 e. The van der Waals surface area contributed by atoms with Crippen molar-refractivity contribution in [3.8, 4) is 0 Å². The molecule has 16 heavy (non-hydrogen) atoms. The number of hydrogen-bond acceptors (Lipinski definition) is 3. The van der Waals surface area contributed by atoms with Crippen molar-refractivity contribution < 1.29 is 19.1 Å². The molecule has 1 heterocycles. The molecule has 0 saturated heterocycles. The van der Waals surface area contributed by atoms with Gasteiger partial charge in [0.15, 0.2) is 0 Å². The van der Waals surface area contributed by atoms with Crippen LogP contribution in [0.4, 0.5) is 0 Å². The van der Waals surface area contributed by atoms with Crippen LogP contribution in [0.15, 0.2) is 22.6 Å². The van der Waals surface area contributed by atoms with Crippen molar-refractivity contribution in [1.82, 2.24) is 0 Å². The molecule has 1 aromatic carbocycles. The Morgan fingerprint density at radius 3 is 2.88 bits per heavy atom. The average Bonchev–Trinajstić information content (AvgIpc) is 2.58. The summed E-state index contributed by atoms with van der Waals surface area (Å²) in [4.78, 5) is 10.9. The van der Waals surface area contributed by atoms with E-state index in [0.717, 1.165) is 10.9 Å². The standard InChI is InChI=1S/C12H12O4/c1-7-10-8(6-15-2)4-3-5-9(10)16-11(7)12(13)14/h3-5H,6H2,1-2H3,(H,13,14). The van der Waals surface area contributed by atoms with Gasteiger partial charge in [0.25, 0.3) is 0 Å². The van der Waals surface area contributed by atoms with E-state index in [0.29, 0.717) is 17.8 Å². The molecule has 0 amide bonds. The number of aryl methyl sites for hydroxylation is 1. The van der Waals surface area contributed by atoms with Crippen LogP contribution < -0.4 is 0 Å². The molecular formula is C12H12O4. The number of rotatable bonds is 3. The first kappa shape index (κ1) is 10.7. The van der Waals surface area contributed by atoms with Gasteiger partial charge < -0.3 is 14.3 Å². The van der Waals surface area contributed by atoms with Crippen molar-refractivity contribution in [2.24, 2.45) is 0 Å². The minimum absolute atomic E-state index is 0.00134. The number of hydrogen-bond donors (Lipinski definition) is 1. The monoisotopic (exact) mass is 220 g/mol. The largest absolute Gasteiger partial charge is 0.475 e. The molecule has 0 aliphatic carbocycles. The third-order valence-electron chi connectivity index (χ3n) is 2.53. The van der Waals surface area contributed by atoms with Gasteiger partial charge in [-0.15, -0.1) is 0 Å². The van der Waals surface area contributed by atoms with Gasteiger partial charge in [-0.05, 0) is 18.6 Å². The highest BCUT2D eigenvalue weighted by molar-refractivity contribution is 5.96. The lowest BCUT2D eigenvalue weighted by atomic mass is 10.1. The summed E-state index contributed by atoms with van der Waals surface area (Å²) in [5, 5.41) is 9.80. The average molecular weight is 220 g/mol. The van der Waals surface area contributed by atoms with Gasteiger partial charge in [-0.1, -0.05) is 12.1 Å². The highest BCUT2D eigenvalue weighted by Gasteiger charge is 2.18. The highest BCUT2D eigenvalue weighted by Crippen LogP contribution is 2.28. The maximum Gasteiger partial charge on any atom is 0.372 e. The van der Waals surface area contributed by atoms with E-state index in [2.05, 4.69) is 0 Å². The summed E-state index contributed by atoms with van der Waals surface area (Å²) in [7, 11) is 1.60. The summed E-state index contributed by atoms with van der Waals surface area (Å²) in [5.74, 6) is -1.05.